The van der Waals surface area contributed by atoms with Crippen LogP contribution in [0, 0.1) is 5.82 Å². The fourth-order valence-electron chi connectivity index (χ4n) is 2.82. The van der Waals surface area contributed by atoms with Crippen molar-refractivity contribution in [2.75, 3.05) is 5.75 Å². The predicted molar refractivity (Wildman–Crippen MR) is 122 cm³/mol. The van der Waals surface area contributed by atoms with E-state index >= 15 is 0 Å². The maximum Gasteiger partial charge on any atom is 0.242 e. The molecular weight excluding hydrogens is 423 g/mol. The van der Waals surface area contributed by atoms with Gasteiger partial charge in [-0.05, 0) is 44.0 Å². The number of hydrogen-bond donors (Lipinski definition) is 1. The number of rotatable bonds is 10. The van der Waals surface area contributed by atoms with Crippen LogP contribution in [0.5, 0.6) is 0 Å². The van der Waals surface area contributed by atoms with Crippen LogP contribution in [0.1, 0.15) is 38.3 Å². The van der Waals surface area contributed by atoms with Gasteiger partial charge in [0.1, 0.15) is 11.9 Å². The van der Waals surface area contributed by atoms with Crippen LogP contribution in [-0.4, -0.2) is 34.6 Å². The van der Waals surface area contributed by atoms with Crippen LogP contribution in [0.3, 0.4) is 0 Å². The molecule has 1 N–H and O–H groups in total. The predicted octanol–water partition coefficient (Wildman–Crippen LogP) is 5.04. The normalized spacial score (nSPS) is 12.8. The maximum atomic E-state index is 14.2. The number of amides is 2. The second kappa shape index (κ2) is 12.0. The third-order valence-electron chi connectivity index (χ3n) is 4.85. The molecule has 162 valence electrons. The first-order chi connectivity index (χ1) is 14.3. The van der Waals surface area contributed by atoms with E-state index in [1.807, 2.05) is 32.0 Å². The summed E-state index contributed by atoms with van der Waals surface area (Å²) >= 11 is 7.45. The van der Waals surface area contributed by atoms with Gasteiger partial charge in [0.25, 0.3) is 0 Å². The van der Waals surface area contributed by atoms with Gasteiger partial charge in [0.2, 0.25) is 11.8 Å². The molecule has 2 unspecified atom stereocenters. The Hall–Kier alpha value is -2.05. The van der Waals surface area contributed by atoms with Gasteiger partial charge in [0.05, 0.1) is 5.75 Å². The summed E-state index contributed by atoms with van der Waals surface area (Å²) in [5.74, 6) is -0.0442. The molecular formula is C23H28ClFN2O2S. The zero-order valence-electron chi connectivity index (χ0n) is 17.5. The number of thioether (sulfide) groups is 1. The van der Waals surface area contributed by atoms with E-state index in [4.69, 9.17) is 11.6 Å². The smallest absolute Gasteiger partial charge is 0.242 e. The minimum Gasteiger partial charge on any atom is -0.352 e. The van der Waals surface area contributed by atoms with Gasteiger partial charge in [0, 0.05) is 28.9 Å². The largest absolute Gasteiger partial charge is 0.352 e. The first kappa shape index (κ1) is 24.2. The lowest BCUT2D eigenvalue weighted by molar-refractivity contribution is -0.139. The van der Waals surface area contributed by atoms with Crippen molar-refractivity contribution in [1.29, 1.82) is 0 Å². The number of carbonyl (C=O) groups is 2. The van der Waals surface area contributed by atoms with Crippen LogP contribution in [0.4, 0.5) is 4.39 Å². The van der Waals surface area contributed by atoms with Gasteiger partial charge in [-0.3, -0.25) is 9.59 Å². The fraction of sp³-hybridized carbons (Fsp3) is 0.391. The highest BCUT2D eigenvalue weighted by molar-refractivity contribution is 7.99. The molecule has 0 saturated carbocycles. The van der Waals surface area contributed by atoms with Crippen LogP contribution in [0.25, 0.3) is 0 Å². The van der Waals surface area contributed by atoms with E-state index < -0.39 is 11.9 Å². The molecule has 2 aromatic rings. The van der Waals surface area contributed by atoms with E-state index in [1.165, 1.54) is 22.7 Å². The Balaban J connectivity index is 2.09. The van der Waals surface area contributed by atoms with Gasteiger partial charge in [0.15, 0.2) is 0 Å². The van der Waals surface area contributed by atoms with Crippen LogP contribution < -0.4 is 5.32 Å². The van der Waals surface area contributed by atoms with E-state index in [0.717, 1.165) is 12.0 Å². The highest BCUT2D eigenvalue weighted by atomic mass is 35.5. The third-order valence-corrected chi connectivity index (χ3v) is 6.07. The molecule has 2 atom stereocenters. The van der Waals surface area contributed by atoms with Crippen molar-refractivity contribution in [1.82, 2.24) is 10.2 Å². The molecule has 4 nitrogen and oxygen atoms in total. The standard InChI is InChI=1S/C23H28ClFN2O2S/c1-4-16(2)26-23(29)17(3)27(13-19-9-5-6-11-21(19)25)22(28)15-30-14-18-8-7-10-20(24)12-18/h5-12,16-17H,4,13-15H2,1-3H3,(H,26,29). The summed E-state index contributed by atoms with van der Waals surface area (Å²) in [5.41, 5.74) is 1.40. The number of nitrogens with one attached hydrogen (secondary N) is 1. The summed E-state index contributed by atoms with van der Waals surface area (Å²) < 4.78 is 14.2. The van der Waals surface area contributed by atoms with Crippen molar-refractivity contribution in [2.45, 2.75) is 51.6 Å². The quantitative estimate of drug-likeness (QED) is 0.551. The second-order valence-electron chi connectivity index (χ2n) is 7.23. The molecule has 7 heteroatoms. The lowest BCUT2D eigenvalue weighted by Crippen LogP contribution is -2.50. The van der Waals surface area contributed by atoms with Crippen LogP contribution in [-0.2, 0) is 21.9 Å². The molecule has 30 heavy (non-hydrogen) atoms. The molecule has 0 saturated heterocycles. The summed E-state index contributed by atoms with van der Waals surface area (Å²) in [6, 6.07) is 13.1. The fourth-order valence-corrected chi connectivity index (χ4v) is 3.89. The van der Waals surface area contributed by atoms with Crippen molar-refractivity contribution >= 4 is 35.2 Å². The minimum absolute atomic E-state index is 0.00238. The SMILES string of the molecule is CCC(C)NC(=O)C(C)N(Cc1ccccc1F)C(=O)CSCc1cccc(Cl)c1. The number of benzene rings is 2. The van der Waals surface area contributed by atoms with E-state index in [1.54, 1.807) is 31.2 Å². The van der Waals surface area contributed by atoms with E-state index in [9.17, 15) is 14.0 Å². The molecule has 0 fully saturated rings. The summed E-state index contributed by atoms with van der Waals surface area (Å²) in [5, 5.41) is 3.55. The Morgan fingerprint density at radius 2 is 1.90 bits per heavy atom. The maximum absolute atomic E-state index is 14.2. The lowest BCUT2D eigenvalue weighted by Gasteiger charge is -2.29. The van der Waals surface area contributed by atoms with Gasteiger partial charge < -0.3 is 10.2 Å². The number of carbonyl (C=O) groups excluding carboxylic acids is 2. The molecule has 0 heterocycles. The Labute approximate surface area is 187 Å². The second-order valence-corrected chi connectivity index (χ2v) is 8.65. The lowest BCUT2D eigenvalue weighted by atomic mass is 10.1. The van der Waals surface area contributed by atoms with Crippen LogP contribution in [0.15, 0.2) is 48.5 Å². The summed E-state index contributed by atoms with van der Waals surface area (Å²) in [6.45, 7) is 5.61. The minimum atomic E-state index is -0.710. The first-order valence-electron chi connectivity index (χ1n) is 9.97. The Kier molecular flexibility index (Phi) is 9.66. The van der Waals surface area contributed by atoms with Gasteiger partial charge in [-0.25, -0.2) is 4.39 Å². The number of hydrogen-bond acceptors (Lipinski definition) is 3. The summed E-state index contributed by atoms with van der Waals surface area (Å²) in [7, 11) is 0. The van der Waals surface area contributed by atoms with E-state index in [-0.39, 0.29) is 30.2 Å². The molecule has 2 rings (SSSR count). The Morgan fingerprint density at radius 1 is 1.17 bits per heavy atom. The monoisotopic (exact) mass is 450 g/mol. The molecule has 2 aromatic carbocycles. The van der Waals surface area contributed by atoms with E-state index in [2.05, 4.69) is 5.32 Å². The highest BCUT2D eigenvalue weighted by Crippen LogP contribution is 2.19. The van der Waals surface area contributed by atoms with Gasteiger partial charge in [-0.2, -0.15) is 0 Å². The van der Waals surface area contributed by atoms with Crippen molar-refractivity contribution < 1.29 is 14.0 Å². The van der Waals surface area contributed by atoms with Gasteiger partial charge >= 0.3 is 0 Å². The molecule has 0 aliphatic rings. The average Bonchev–Trinajstić information content (AvgIpc) is 2.72. The molecule has 0 aromatic heterocycles. The molecule has 0 aliphatic heterocycles. The molecule has 0 aliphatic carbocycles. The number of nitrogens with zero attached hydrogens (tertiary/aromatic N) is 1. The van der Waals surface area contributed by atoms with Crippen molar-refractivity contribution in [2.24, 2.45) is 0 Å². The van der Waals surface area contributed by atoms with Crippen molar-refractivity contribution in [3.05, 3.63) is 70.5 Å². The van der Waals surface area contributed by atoms with Gasteiger partial charge in [-0.15, -0.1) is 11.8 Å². The average molecular weight is 451 g/mol. The van der Waals surface area contributed by atoms with Crippen LogP contribution >= 0.6 is 23.4 Å². The van der Waals surface area contributed by atoms with E-state index in [0.29, 0.717) is 16.3 Å². The van der Waals surface area contributed by atoms with Crippen LogP contribution in [0.2, 0.25) is 5.02 Å². The van der Waals surface area contributed by atoms with Crippen molar-refractivity contribution in [3.8, 4) is 0 Å². The molecule has 0 bridgehead atoms. The van der Waals surface area contributed by atoms with Crippen molar-refractivity contribution in [3.63, 3.8) is 0 Å². The molecule has 0 radical (unpaired) electrons. The Bertz CT molecular complexity index is 865. The number of halogens is 2. The molecule has 2 amide bonds. The Morgan fingerprint density at radius 3 is 2.57 bits per heavy atom. The summed E-state index contributed by atoms with van der Waals surface area (Å²) in [6.07, 6.45) is 0.787. The third kappa shape index (κ3) is 7.33. The zero-order chi connectivity index (χ0) is 22.1. The molecule has 0 spiro atoms. The zero-order valence-corrected chi connectivity index (χ0v) is 19.1. The van der Waals surface area contributed by atoms with Gasteiger partial charge in [-0.1, -0.05) is 48.9 Å². The topological polar surface area (TPSA) is 49.4 Å². The summed E-state index contributed by atoms with van der Waals surface area (Å²) in [4.78, 5) is 27.1. The highest BCUT2D eigenvalue weighted by Gasteiger charge is 2.27. The first-order valence-corrected chi connectivity index (χ1v) is 11.5.